The van der Waals surface area contributed by atoms with Crippen LogP contribution >= 0.6 is 0 Å². The normalized spacial score (nSPS) is 10.3. The first-order valence-corrected chi connectivity index (χ1v) is 9.56. The minimum atomic E-state index is -0.377. The molecule has 2 heterocycles. The van der Waals surface area contributed by atoms with Crippen molar-refractivity contribution in [3.8, 4) is 41.1 Å². The van der Waals surface area contributed by atoms with Crippen molar-refractivity contribution in [2.45, 2.75) is 6.67 Å². The summed E-state index contributed by atoms with van der Waals surface area (Å²) in [5, 5.41) is 12.2. The average Bonchev–Trinajstić information content (AvgIpc) is 3.22. The van der Waals surface area contributed by atoms with Gasteiger partial charge in [0.2, 0.25) is 0 Å². The van der Waals surface area contributed by atoms with Gasteiger partial charge in [-0.2, -0.15) is 0 Å². The standard InChI is InChI=1S/C22H21FN4O2.C2H2/c23-18-6-5-16(29-10-9-28)12-17(18)21-11-15-7-8-27(13-22(15)26-21)14-25-20-4-2-1-3-19(20)24;1-2/h1-8,11-13,25,28H,9-10,14,24H2;1-2H. The van der Waals surface area contributed by atoms with Crippen LogP contribution in [0.15, 0.2) is 67.0 Å². The van der Waals surface area contributed by atoms with Crippen LogP contribution in [0.1, 0.15) is 0 Å². The molecule has 0 saturated carbocycles. The molecule has 2 aromatic carbocycles. The molecule has 0 saturated heterocycles. The third kappa shape index (κ3) is 5.13. The zero-order valence-corrected chi connectivity index (χ0v) is 16.8. The van der Waals surface area contributed by atoms with Gasteiger partial charge in [-0.3, -0.25) is 0 Å². The highest BCUT2D eigenvalue weighted by molar-refractivity contribution is 5.74. The summed E-state index contributed by atoms with van der Waals surface area (Å²) in [6, 6.07) is 15.8. The van der Waals surface area contributed by atoms with E-state index in [9.17, 15) is 4.39 Å². The van der Waals surface area contributed by atoms with Gasteiger partial charge in [0, 0.05) is 23.5 Å². The molecular formula is C24H23FN4O2. The Kier molecular flexibility index (Phi) is 7.09. The molecule has 0 radical (unpaired) electrons. The molecule has 2 aromatic rings. The van der Waals surface area contributed by atoms with Crippen molar-refractivity contribution in [1.82, 2.24) is 9.55 Å². The Morgan fingerprint density at radius 3 is 2.68 bits per heavy atom. The van der Waals surface area contributed by atoms with E-state index in [4.69, 9.17) is 15.6 Å². The number of ether oxygens (including phenoxy) is 1. The first kappa shape index (κ1) is 21.7. The number of hydrogen-bond donors (Lipinski definition) is 3. The maximum Gasteiger partial charge on any atom is 0.132 e. The predicted octanol–water partition coefficient (Wildman–Crippen LogP) is 4.07. The quantitative estimate of drug-likeness (QED) is 0.311. The van der Waals surface area contributed by atoms with Gasteiger partial charge in [0.1, 0.15) is 18.2 Å². The van der Waals surface area contributed by atoms with Gasteiger partial charge in [-0.05, 0) is 42.5 Å². The lowest BCUT2D eigenvalue weighted by molar-refractivity contribution is 0.201. The van der Waals surface area contributed by atoms with Crippen LogP contribution in [0, 0.1) is 18.7 Å². The van der Waals surface area contributed by atoms with E-state index in [0.29, 0.717) is 29.4 Å². The Labute approximate surface area is 180 Å². The van der Waals surface area contributed by atoms with Crippen LogP contribution in [0.3, 0.4) is 0 Å². The van der Waals surface area contributed by atoms with Gasteiger partial charge in [0.15, 0.2) is 0 Å². The minimum absolute atomic E-state index is 0.103. The van der Waals surface area contributed by atoms with Gasteiger partial charge >= 0.3 is 0 Å². The van der Waals surface area contributed by atoms with Crippen LogP contribution in [-0.2, 0) is 6.67 Å². The molecule has 0 unspecified atom stereocenters. The van der Waals surface area contributed by atoms with E-state index in [1.54, 1.807) is 6.07 Å². The molecular weight excluding hydrogens is 395 g/mol. The fraction of sp³-hybridized carbons (Fsp3) is 0.125. The third-order valence-corrected chi connectivity index (χ3v) is 4.55. The number of para-hydroxylation sites is 2. The number of anilines is 2. The molecule has 0 aliphatic carbocycles. The molecule has 7 heteroatoms. The molecule has 0 bridgehead atoms. The second-order valence-corrected chi connectivity index (χ2v) is 6.58. The Hall–Kier alpha value is -4.02. The van der Waals surface area contributed by atoms with Crippen molar-refractivity contribution in [2.75, 3.05) is 24.3 Å². The van der Waals surface area contributed by atoms with Crippen LogP contribution in [0.2, 0.25) is 0 Å². The number of nitrogens with one attached hydrogen (secondary N) is 1. The van der Waals surface area contributed by atoms with E-state index in [-0.39, 0.29) is 19.0 Å². The zero-order chi connectivity index (χ0) is 22.2. The number of aliphatic hydroxyl groups excluding tert-OH is 1. The molecule has 0 aromatic heterocycles. The second-order valence-electron chi connectivity index (χ2n) is 6.58. The fourth-order valence-corrected chi connectivity index (χ4v) is 3.09. The highest BCUT2D eigenvalue weighted by atomic mass is 19.1. The summed E-state index contributed by atoms with van der Waals surface area (Å²) >= 11 is 0. The number of nitrogens with zero attached hydrogens (tertiary/aromatic N) is 2. The summed E-state index contributed by atoms with van der Waals surface area (Å²) < 4.78 is 21.7. The fourth-order valence-electron chi connectivity index (χ4n) is 3.09. The molecule has 0 fully saturated rings. The van der Waals surface area contributed by atoms with Crippen LogP contribution in [0.25, 0.3) is 22.5 Å². The first-order valence-electron chi connectivity index (χ1n) is 9.56. The van der Waals surface area contributed by atoms with E-state index < -0.39 is 0 Å². The maximum absolute atomic E-state index is 14.4. The number of fused-ring (bicyclic) bond motifs is 1. The summed E-state index contributed by atoms with van der Waals surface area (Å²) in [5.74, 6) is 0.112. The van der Waals surface area contributed by atoms with Gasteiger partial charge in [-0.15, -0.1) is 12.8 Å². The number of hydrogen-bond acceptors (Lipinski definition) is 5. The molecule has 0 atom stereocenters. The smallest absolute Gasteiger partial charge is 0.132 e. The topological polar surface area (TPSA) is 85.3 Å². The SMILES string of the molecule is C#C.Nc1ccccc1NCn1ccc2cc(-c3cc(OCCO)ccc3F)nc-2c1. The number of nitrogen functional groups attached to an aromatic ring is 1. The monoisotopic (exact) mass is 418 g/mol. The van der Waals surface area contributed by atoms with Crippen molar-refractivity contribution in [3.63, 3.8) is 0 Å². The Bertz CT molecular complexity index is 1140. The van der Waals surface area contributed by atoms with E-state index in [2.05, 4.69) is 23.1 Å². The van der Waals surface area contributed by atoms with Crippen LogP contribution in [0.5, 0.6) is 5.75 Å². The van der Waals surface area contributed by atoms with E-state index in [0.717, 1.165) is 16.9 Å². The van der Waals surface area contributed by atoms with Crippen molar-refractivity contribution in [3.05, 3.63) is 72.8 Å². The number of aromatic nitrogens is 2. The number of rotatable bonds is 7. The van der Waals surface area contributed by atoms with Crippen LogP contribution < -0.4 is 15.8 Å². The van der Waals surface area contributed by atoms with Crippen molar-refractivity contribution >= 4 is 11.4 Å². The minimum Gasteiger partial charge on any atom is -0.491 e. The summed E-state index contributed by atoms with van der Waals surface area (Å²) in [7, 11) is 0. The third-order valence-electron chi connectivity index (χ3n) is 4.55. The lowest BCUT2D eigenvalue weighted by atomic mass is 10.1. The zero-order valence-electron chi connectivity index (χ0n) is 16.8. The molecule has 6 nitrogen and oxygen atoms in total. The van der Waals surface area contributed by atoms with Gasteiger partial charge in [-0.1, -0.05) is 12.1 Å². The first-order chi connectivity index (χ1) is 15.1. The Morgan fingerprint density at radius 2 is 1.90 bits per heavy atom. The molecule has 0 amide bonds. The predicted molar refractivity (Wildman–Crippen MR) is 121 cm³/mol. The Balaban J connectivity index is 0.00000132. The van der Waals surface area contributed by atoms with Crippen molar-refractivity contribution in [2.24, 2.45) is 0 Å². The molecule has 2 aliphatic rings. The van der Waals surface area contributed by atoms with Gasteiger partial charge in [0.25, 0.3) is 0 Å². The van der Waals surface area contributed by atoms with Crippen molar-refractivity contribution < 1.29 is 14.2 Å². The second kappa shape index (κ2) is 10.1. The summed E-state index contributed by atoms with van der Waals surface area (Å²) in [6.45, 7) is 0.569. The summed E-state index contributed by atoms with van der Waals surface area (Å²) in [4.78, 5) is 4.58. The highest BCUT2D eigenvalue weighted by Crippen LogP contribution is 2.32. The van der Waals surface area contributed by atoms with Gasteiger partial charge < -0.3 is 25.5 Å². The number of terminal acetylenes is 1. The van der Waals surface area contributed by atoms with Gasteiger partial charge in [0.05, 0.1) is 36.0 Å². The van der Waals surface area contributed by atoms with Crippen LogP contribution in [0.4, 0.5) is 15.8 Å². The van der Waals surface area contributed by atoms with E-state index in [1.165, 1.54) is 12.1 Å². The lowest BCUT2D eigenvalue weighted by Gasteiger charge is -2.12. The largest absolute Gasteiger partial charge is 0.491 e. The maximum atomic E-state index is 14.4. The van der Waals surface area contributed by atoms with Gasteiger partial charge in [-0.25, -0.2) is 9.37 Å². The molecule has 0 spiro atoms. The molecule has 4 rings (SSSR count). The Morgan fingerprint density at radius 1 is 1.10 bits per heavy atom. The number of benzene rings is 2. The number of pyridine rings is 1. The highest BCUT2D eigenvalue weighted by Gasteiger charge is 2.15. The molecule has 4 N–H and O–H groups in total. The van der Waals surface area contributed by atoms with E-state index >= 15 is 0 Å². The average molecular weight is 418 g/mol. The molecule has 31 heavy (non-hydrogen) atoms. The summed E-state index contributed by atoms with van der Waals surface area (Å²) in [6.07, 6.45) is 11.8. The van der Waals surface area contributed by atoms with Crippen molar-refractivity contribution in [1.29, 1.82) is 0 Å². The summed E-state index contributed by atoms with van der Waals surface area (Å²) in [5.41, 5.74) is 10.1. The molecule has 158 valence electrons. The number of nitrogens with two attached hydrogens (primary N) is 1. The number of halogens is 1. The van der Waals surface area contributed by atoms with Crippen LogP contribution in [-0.4, -0.2) is 27.9 Å². The lowest BCUT2D eigenvalue weighted by Crippen LogP contribution is -2.09. The number of aliphatic hydroxyl groups is 1. The molecule has 2 aliphatic heterocycles. The van der Waals surface area contributed by atoms with E-state index in [1.807, 2.05) is 53.4 Å².